The zero-order chi connectivity index (χ0) is 20.6. The number of halogens is 1. The molecule has 3 N–H and O–H groups in total. The summed E-state index contributed by atoms with van der Waals surface area (Å²) in [5.41, 5.74) is 1.89. The minimum absolute atomic E-state index is 0.0568. The first-order chi connectivity index (χ1) is 14.0. The monoisotopic (exact) mass is 403 g/mol. The lowest BCUT2D eigenvalue weighted by Crippen LogP contribution is -2.43. The lowest BCUT2D eigenvalue weighted by atomic mass is 10.1. The number of aliphatic imine (C=N–C) groups is 1. The van der Waals surface area contributed by atoms with E-state index >= 15 is 0 Å². The Morgan fingerprint density at radius 1 is 1.34 bits per heavy atom. The van der Waals surface area contributed by atoms with Crippen LogP contribution >= 0.6 is 0 Å². The average molecular weight is 404 g/mol. The lowest BCUT2D eigenvalue weighted by Gasteiger charge is -2.24. The summed E-state index contributed by atoms with van der Waals surface area (Å²) in [6.07, 6.45) is 6.13. The normalized spacial score (nSPS) is 17.3. The smallest absolute Gasteiger partial charge is 0.243 e. The highest BCUT2D eigenvalue weighted by Crippen LogP contribution is 2.19. The number of H-pyrrole nitrogens is 1. The Balaban J connectivity index is 1.57. The molecule has 1 aliphatic heterocycles. The molecule has 1 fully saturated rings. The fraction of sp³-hybridized carbons (Fsp3) is 0.524. The van der Waals surface area contributed by atoms with E-state index in [2.05, 4.69) is 20.6 Å². The van der Waals surface area contributed by atoms with Gasteiger partial charge in [-0.25, -0.2) is 9.38 Å². The van der Waals surface area contributed by atoms with Gasteiger partial charge in [0.25, 0.3) is 0 Å². The van der Waals surface area contributed by atoms with Gasteiger partial charge in [0, 0.05) is 50.9 Å². The van der Waals surface area contributed by atoms with Gasteiger partial charge in [-0.1, -0.05) is 0 Å². The Morgan fingerprint density at radius 2 is 2.21 bits per heavy atom. The summed E-state index contributed by atoms with van der Waals surface area (Å²) >= 11 is 0. The van der Waals surface area contributed by atoms with Crippen molar-refractivity contribution >= 4 is 22.8 Å². The van der Waals surface area contributed by atoms with Crippen molar-refractivity contribution in [3.63, 3.8) is 0 Å². The van der Waals surface area contributed by atoms with Crippen molar-refractivity contribution in [2.24, 2.45) is 4.99 Å². The van der Waals surface area contributed by atoms with E-state index in [1.807, 2.05) is 6.20 Å². The summed E-state index contributed by atoms with van der Waals surface area (Å²) < 4.78 is 19.1. The van der Waals surface area contributed by atoms with E-state index in [0.717, 1.165) is 42.3 Å². The molecule has 2 heterocycles. The van der Waals surface area contributed by atoms with Crippen LogP contribution in [0.2, 0.25) is 0 Å². The molecule has 1 saturated heterocycles. The maximum Gasteiger partial charge on any atom is 0.243 e. The second-order valence-electron chi connectivity index (χ2n) is 7.50. The summed E-state index contributed by atoms with van der Waals surface area (Å²) in [5, 5.41) is 7.60. The number of rotatable bonds is 7. The van der Waals surface area contributed by atoms with Gasteiger partial charge in [0.05, 0.1) is 6.10 Å². The molecule has 7 nitrogen and oxygen atoms in total. The summed E-state index contributed by atoms with van der Waals surface area (Å²) in [7, 11) is 3.43. The molecule has 0 saturated carbocycles. The molecule has 1 amide bonds. The molecule has 1 unspecified atom stereocenters. The maximum atomic E-state index is 13.4. The summed E-state index contributed by atoms with van der Waals surface area (Å²) in [5.74, 6) is 0.289. The fourth-order valence-corrected chi connectivity index (χ4v) is 3.32. The Hall–Kier alpha value is -2.61. The Morgan fingerprint density at radius 3 is 2.97 bits per heavy atom. The number of amides is 1. The van der Waals surface area contributed by atoms with Crippen LogP contribution in [-0.4, -0.2) is 68.2 Å². The van der Waals surface area contributed by atoms with Crippen molar-refractivity contribution in [2.45, 2.75) is 31.8 Å². The molecule has 1 aromatic heterocycles. The number of aromatic nitrogens is 1. The van der Waals surface area contributed by atoms with E-state index in [9.17, 15) is 9.18 Å². The topological polar surface area (TPSA) is 81.8 Å². The lowest BCUT2D eigenvalue weighted by molar-refractivity contribution is -0.127. The molecule has 0 aliphatic carbocycles. The summed E-state index contributed by atoms with van der Waals surface area (Å²) in [6.45, 7) is 2.18. The van der Waals surface area contributed by atoms with Crippen LogP contribution in [0.15, 0.2) is 29.4 Å². The van der Waals surface area contributed by atoms with Gasteiger partial charge in [-0.2, -0.15) is 0 Å². The van der Waals surface area contributed by atoms with Crippen LogP contribution < -0.4 is 10.6 Å². The highest BCUT2D eigenvalue weighted by molar-refractivity contribution is 5.85. The number of fused-ring (bicyclic) bond motifs is 1. The van der Waals surface area contributed by atoms with Gasteiger partial charge in [-0.3, -0.25) is 4.79 Å². The van der Waals surface area contributed by atoms with E-state index in [0.29, 0.717) is 19.0 Å². The molecule has 2 aromatic rings. The SMILES string of the molecule is CN(C)C(=O)CN=C(NCCc1c[nH]c2cc(F)ccc12)NCC1CCCCO1. The molecular weight excluding hydrogens is 373 g/mol. The number of guanidine groups is 1. The number of nitrogens with one attached hydrogen (secondary N) is 3. The zero-order valence-corrected chi connectivity index (χ0v) is 17.1. The van der Waals surface area contributed by atoms with E-state index < -0.39 is 0 Å². The van der Waals surface area contributed by atoms with Gasteiger partial charge in [0.15, 0.2) is 5.96 Å². The molecule has 0 radical (unpaired) electrons. The second kappa shape index (κ2) is 10.2. The largest absolute Gasteiger partial charge is 0.376 e. The van der Waals surface area contributed by atoms with Gasteiger partial charge < -0.3 is 25.3 Å². The number of hydrogen-bond acceptors (Lipinski definition) is 3. The van der Waals surface area contributed by atoms with Crippen molar-refractivity contribution in [2.75, 3.05) is 40.3 Å². The third-order valence-corrected chi connectivity index (χ3v) is 5.06. The molecule has 1 aliphatic rings. The van der Waals surface area contributed by atoms with Crippen molar-refractivity contribution in [3.05, 3.63) is 35.8 Å². The molecule has 0 spiro atoms. The van der Waals surface area contributed by atoms with Crippen LogP contribution in [0.1, 0.15) is 24.8 Å². The number of nitrogens with zero attached hydrogens (tertiary/aromatic N) is 2. The number of aromatic amines is 1. The van der Waals surface area contributed by atoms with Crippen LogP contribution in [0.4, 0.5) is 4.39 Å². The van der Waals surface area contributed by atoms with Crippen LogP contribution in [0.3, 0.4) is 0 Å². The highest BCUT2D eigenvalue weighted by Gasteiger charge is 2.14. The summed E-state index contributed by atoms with van der Waals surface area (Å²) in [4.78, 5) is 20.9. The Labute approximate surface area is 170 Å². The first-order valence-electron chi connectivity index (χ1n) is 10.1. The quantitative estimate of drug-likeness (QED) is 0.488. The van der Waals surface area contributed by atoms with Gasteiger partial charge in [0.1, 0.15) is 12.4 Å². The zero-order valence-electron chi connectivity index (χ0n) is 17.1. The van der Waals surface area contributed by atoms with Gasteiger partial charge in [-0.15, -0.1) is 0 Å². The Bertz CT molecular complexity index is 843. The minimum atomic E-state index is -0.252. The van der Waals surface area contributed by atoms with Gasteiger partial charge >= 0.3 is 0 Å². The number of likely N-dealkylation sites (N-methyl/N-ethyl adjacent to an activating group) is 1. The number of ether oxygens (including phenoxy) is 1. The fourth-order valence-electron chi connectivity index (χ4n) is 3.32. The third-order valence-electron chi connectivity index (χ3n) is 5.06. The van der Waals surface area contributed by atoms with E-state index in [-0.39, 0.29) is 24.4 Å². The van der Waals surface area contributed by atoms with Crippen molar-refractivity contribution in [3.8, 4) is 0 Å². The average Bonchev–Trinajstić information content (AvgIpc) is 3.12. The predicted molar refractivity (Wildman–Crippen MR) is 113 cm³/mol. The number of hydrogen-bond donors (Lipinski definition) is 3. The molecule has 8 heteroatoms. The van der Waals surface area contributed by atoms with Crippen LogP contribution in [0.25, 0.3) is 10.9 Å². The number of benzene rings is 1. The first kappa shape index (κ1) is 21.1. The standard InChI is InChI=1S/C21H30FN5O2/c1-27(2)20(28)14-26-21(25-13-17-5-3-4-10-29-17)23-9-8-15-12-24-19-11-16(22)6-7-18(15)19/h6-7,11-12,17,24H,3-5,8-10,13-14H2,1-2H3,(H2,23,25,26). The molecule has 1 aromatic carbocycles. The summed E-state index contributed by atoms with van der Waals surface area (Å²) in [6, 6.07) is 4.76. The van der Waals surface area contributed by atoms with Crippen LogP contribution in [0, 0.1) is 5.82 Å². The van der Waals surface area contributed by atoms with Gasteiger partial charge in [0.2, 0.25) is 5.91 Å². The van der Waals surface area contributed by atoms with Crippen LogP contribution in [0.5, 0.6) is 0 Å². The molecule has 0 bridgehead atoms. The number of carbonyl (C=O) groups is 1. The molecule has 3 rings (SSSR count). The minimum Gasteiger partial charge on any atom is -0.376 e. The third kappa shape index (κ3) is 6.19. The van der Waals surface area contributed by atoms with E-state index in [4.69, 9.17) is 4.74 Å². The Kier molecular flexibility index (Phi) is 7.46. The molecular formula is C21H30FN5O2. The van der Waals surface area contributed by atoms with E-state index in [1.165, 1.54) is 23.5 Å². The first-order valence-corrected chi connectivity index (χ1v) is 10.1. The number of carbonyl (C=O) groups excluding carboxylic acids is 1. The van der Waals surface area contributed by atoms with Gasteiger partial charge in [-0.05, 0) is 49.4 Å². The second-order valence-corrected chi connectivity index (χ2v) is 7.50. The highest BCUT2D eigenvalue weighted by atomic mass is 19.1. The predicted octanol–water partition coefficient (Wildman–Crippen LogP) is 2.04. The van der Waals surface area contributed by atoms with E-state index in [1.54, 1.807) is 20.2 Å². The van der Waals surface area contributed by atoms with Crippen molar-refractivity contribution in [1.29, 1.82) is 0 Å². The van der Waals surface area contributed by atoms with Crippen molar-refractivity contribution < 1.29 is 13.9 Å². The molecule has 29 heavy (non-hydrogen) atoms. The van der Waals surface area contributed by atoms with Crippen molar-refractivity contribution in [1.82, 2.24) is 20.5 Å². The maximum absolute atomic E-state index is 13.4. The van der Waals surface area contributed by atoms with Crippen LogP contribution in [-0.2, 0) is 16.0 Å². The molecule has 1 atom stereocenters. The molecule has 158 valence electrons.